The van der Waals surface area contributed by atoms with Crippen molar-refractivity contribution in [2.45, 2.75) is 26.2 Å². The Morgan fingerprint density at radius 3 is 2.94 bits per heavy atom. The van der Waals surface area contributed by atoms with Crippen LogP contribution in [0.15, 0.2) is 24.3 Å². The quantitative estimate of drug-likeness (QED) is 0.830. The van der Waals surface area contributed by atoms with E-state index in [9.17, 15) is 0 Å². The van der Waals surface area contributed by atoms with Crippen LogP contribution in [0, 0.1) is 12.8 Å². The van der Waals surface area contributed by atoms with Gasteiger partial charge in [0, 0.05) is 5.39 Å². The van der Waals surface area contributed by atoms with Gasteiger partial charge in [0.25, 0.3) is 0 Å². The summed E-state index contributed by atoms with van der Waals surface area (Å²) >= 11 is 0. The molecule has 1 fully saturated rings. The topological polar surface area (TPSA) is 38.9 Å². The first kappa shape index (κ1) is 9.64. The number of aromatic nitrogens is 1. The van der Waals surface area contributed by atoms with E-state index in [1.165, 1.54) is 29.4 Å². The highest BCUT2D eigenvalue weighted by molar-refractivity contribution is 5.84. The number of hydrogen-bond acceptors (Lipinski definition) is 2. The van der Waals surface area contributed by atoms with Crippen LogP contribution in [0.1, 0.15) is 24.0 Å². The Morgan fingerprint density at radius 1 is 1.38 bits per heavy atom. The van der Waals surface area contributed by atoms with Crippen LogP contribution in [0.25, 0.3) is 10.9 Å². The van der Waals surface area contributed by atoms with Gasteiger partial charge >= 0.3 is 0 Å². The van der Waals surface area contributed by atoms with Crippen molar-refractivity contribution >= 4 is 16.7 Å². The van der Waals surface area contributed by atoms with E-state index in [1.54, 1.807) is 0 Å². The number of rotatable bonds is 2. The van der Waals surface area contributed by atoms with Crippen LogP contribution in [-0.2, 0) is 6.42 Å². The highest BCUT2D eigenvalue weighted by atomic mass is 14.8. The van der Waals surface area contributed by atoms with Crippen molar-refractivity contribution in [3.63, 3.8) is 0 Å². The molecule has 82 valence electrons. The Morgan fingerprint density at radius 2 is 2.19 bits per heavy atom. The minimum atomic E-state index is 0.716. The lowest BCUT2D eigenvalue weighted by molar-refractivity contribution is 0.832. The number of pyridine rings is 1. The number of nitrogen functional groups attached to an aromatic ring is 1. The van der Waals surface area contributed by atoms with Crippen LogP contribution in [-0.4, -0.2) is 4.98 Å². The van der Waals surface area contributed by atoms with Gasteiger partial charge in [0.15, 0.2) is 0 Å². The molecule has 0 aliphatic heterocycles. The fraction of sp³-hybridized carbons (Fsp3) is 0.357. The molecule has 1 aliphatic rings. The molecule has 0 atom stereocenters. The molecule has 1 aliphatic carbocycles. The summed E-state index contributed by atoms with van der Waals surface area (Å²) in [6.07, 6.45) is 3.80. The Hall–Kier alpha value is -1.57. The minimum Gasteiger partial charge on any atom is -0.383 e. The summed E-state index contributed by atoms with van der Waals surface area (Å²) in [5.74, 6) is 1.57. The maximum atomic E-state index is 6.02. The van der Waals surface area contributed by atoms with Crippen molar-refractivity contribution in [1.82, 2.24) is 4.98 Å². The number of anilines is 1. The summed E-state index contributed by atoms with van der Waals surface area (Å²) in [6, 6.07) is 8.49. The maximum Gasteiger partial charge on any atom is 0.127 e. The van der Waals surface area contributed by atoms with Crippen LogP contribution in [0.4, 0.5) is 5.82 Å². The number of para-hydroxylation sites is 1. The molecule has 2 nitrogen and oxygen atoms in total. The van der Waals surface area contributed by atoms with Gasteiger partial charge < -0.3 is 5.73 Å². The molecule has 2 N–H and O–H groups in total. The van der Waals surface area contributed by atoms with E-state index >= 15 is 0 Å². The third-order valence-electron chi connectivity index (χ3n) is 3.37. The van der Waals surface area contributed by atoms with Gasteiger partial charge in [-0.1, -0.05) is 18.2 Å². The van der Waals surface area contributed by atoms with Gasteiger partial charge in [-0.25, -0.2) is 4.98 Å². The number of fused-ring (bicyclic) bond motifs is 1. The molecule has 16 heavy (non-hydrogen) atoms. The molecule has 1 heterocycles. The third-order valence-corrected chi connectivity index (χ3v) is 3.37. The van der Waals surface area contributed by atoms with Gasteiger partial charge in [0.05, 0.1) is 5.52 Å². The van der Waals surface area contributed by atoms with Gasteiger partial charge in [-0.15, -0.1) is 0 Å². The molecule has 3 rings (SSSR count). The van der Waals surface area contributed by atoms with Gasteiger partial charge in [0.1, 0.15) is 5.82 Å². The Kier molecular flexibility index (Phi) is 2.10. The van der Waals surface area contributed by atoms with E-state index in [1.807, 2.05) is 0 Å². The van der Waals surface area contributed by atoms with E-state index in [4.69, 9.17) is 5.73 Å². The van der Waals surface area contributed by atoms with E-state index in [0.29, 0.717) is 5.82 Å². The largest absolute Gasteiger partial charge is 0.383 e. The first-order valence-corrected chi connectivity index (χ1v) is 5.89. The molecule has 2 aromatic rings. The average molecular weight is 212 g/mol. The number of aryl methyl sites for hydroxylation is 1. The van der Waals surface area contributed by atoms with Gasteiger partial charge in [-0.2, -0.15) is 0 Å². The second-order valence-corrected chi connectivity index (χ2v) is 4.83. The molecule has 0 bridgehead atoms. The van der Waals surface area contributed by atoms with Gasteiger partial charge in [-0.3, -0.25) is 0 Å². The van der Waals surface area contributed by atoms with Crippen molar-refractivity contribution in [2.24, 2.45) is 5.92 Å². The summed E-state index contributed by atoms with van der Waals surface area (Å²) in [6.45, 7) is 2.08. The van der Waals surface area contributed by atoms with Crippen molar-refractivity contribution in [3.05, 3.63) is 35.4 Å². The SMILES string of the molecule is Cc1cccc2cc(CC3CC3)c(N)nc12. The van der Waals surface area contributed by atoms with Crippen molar-refractivity contribution in [3.8, 4) is 0 Å². The fourth-order valence-electron chi connectivity index (χ4n) is 2.20. The van der Waals surface area contributed by atoms with Crippen LogP contribution >= 0.6 is 0 Å². The molecule has 0 amide bonds. The molecule has 1 aromatic carbocycles. The van der Waals surface area contributed by atoms with Crippen molar-refractivity contribution in [2.75, 3.05) is 5.73 Å². The molecule has 0 radical (unpaired) electrons. The molecular formula is C14H16N2. The molecule has 1 aromatic heterocycles. The predicted molar refractivity (Wildman–Crippen MR) is 67.3 cm³/mol. The number of nitrogens with two attached hydrogens (primary N) is 1. The summed E-state index contributed by atoms with van der Waals surface area (Å²) < 4.78 is 0. The summed E-state index contributed by atoms with van der Waals surface area (Å²) in [7, 11) is 0. The molecule has 1 saturated carbocycles. The summed E-state index contributed by atoms with van der Waals surface area (Å²) in [4.78, 5) is 4.53. The summed E-state index contributed by atoms with van der Waals surface area (Å²) in [5, 5.41) is 1.21. The second-order valence-electron chi connectivity index (χ2n) is 4.83. The molecular weight excluding hydrogens is 196 g/mol. The molecule has 0 saturated heterocycles. The lowest BCUT2D eigenvalue weighted by atomic mass is 10.0. The first-order chi connectivity index (χ1) is 7.74. The number of hydrogen-bond donors (Lipinski definition) is 1. The average Bonchev–Trinajstić information content (AvgIpc) is 3.05. The Labute approximate surface area is 95.5 Å². The van der Waals surface area contributed by atoms with Crippen LogP contribution in [0.3, 0.4) is 0 Å². The zero-order valence-electron chi connectivity index (χ0n) is 9.53. The minimum absolute atomic E-state index is 0.716. The molecule has 2 heteroatoms. The van der Waals surface area contributed by atoms with Crippen molar-refractivity contribution < 1.29 is 0 Å². The molecule has 0 spiro atoms. The van der Waals surface area contributed by atoms with Crippen LogP contribution < -0.4 is 5.73 Å². The normalized spacial score (nSPS) is 15.6. The standard InChI is InChI=1S/C14H16N2/c1-9-3-2-4-11-8-12(7-10-5-6-10)14(15)16-13(9)11/h2-4,8,10H,5-7H2,1H3,(H2,15,16). The first-order valence-electron chi connectivity index (χ1n) is 5.89. The highest BCUT2D eigenvalue weighted by Crippen LogP contribution is 2.34. The fourth-order valence-corrected chi connectivity index (χ4v) is 2.20. The van der Waals surface area contributed by atoms with Crippen molar-refractivity contribution in [1.29, 1.82) is 0 Å². The summed E-state index contributed by atoms with van der Waals surface area (Å²) in [5.41, 5.74) is 9.48. The maximum absolute atomic E-state index is 6.02. The lowest BCUT2D eigenvalue weighted by Gasteiger charge is -2.08. The van der Waals surface area contributed by atoms with Gasteiger partial charge in [0.2, 0.25) is 0 Å². The van der Waals surface area contributed by atoms with E-state index in [-0.39, 0.29) is 0 Å². The van der Waals surface area contributed by atoms with Crippen LogP contribution in [0.5, 0.6) is 0 Å². The monoisotopic (exact) mass is 212 g/mol. The van der Waals surface area contributed by atoms with E-state index in [0.717, 1.165) is 17.9 Å². The zero-order chi connectivity index (χ0) is 11.1. The van der Waals surface area contributed by atoms with E-state index in [2.05, 4.69) is 36.2 Å². The number of benzene rings is 1. The Balaban J connectivity index is 2.13. The lowest BCUT2D eigenvalue weighted by Crippen LogP contribution is -2.00. The predicted octanol–water partition coefficient (Wildman–Crippen LogP) is 3.08. The zero-order valence-corrected chi connectivity index (χ0v) is 9.53. The smallest absolute Gasteiger partial charge is 0.127 e. The second kappa shape index (κ2) is 3.48. The Bertz CT molecular complexity index is 542. The third kappa shape index (κ3) is 1.64. The molecule has 0 unspecified atom stereocenters. The highest BCUT2D eigenvalue weighted by Gasteiger charge is 2.22. The van der Waals surface area contributed by atoms with E-state index < -0.39 is 0 Å². The number of nitrogens with zero attached hydrogens (tertiary/aromatic N) is 1. The van der Waals surface area contributed by atoms with Crippen LogP contribution in [0.2, 0.25) is 0 Å². The van der Waals surface area contributed by atoms with Gasteiger partial charge in [-0.05, 0) is 49.3 Å².